The fraction of sp³-hybridized carbons (Fsp3) is 1.00. The van der Waals surface area contributed by atoms with E-state index >= 15 is 0 Å². The summed E-state index contributed by atoms with van der Waals surface area (Å²) in [5.74, 6) is 0. The van der Waals surface area contributed by atoms with Crippen molar-refractivity contribution in [3.05, 3.63) is 0 Å². The Morgan fingerprint density at radius 2 is 1.74 bits per heavy atom. The topological polar surface area (TPSA) is 15.3 Å². The lowest BCUT2D eigenvalue weighted by molar-refractivity contribution is 0.0337. The Morgan fingerprint density at radius 3 is 2.32 bits per heavy atom. The van der Waals surface area contributed by atoms with E-state index in [0.717, 1.165) is 12.1 Å². The van der Waals surface area contributed by atoms with Crippen molar-refractivity contribution in [1.29, 1.82) is 0 Å². The summed E-state index contributed by atoms with van der Waals surface area (Å²) in [6.45, 7) is 15.9. The first-order valence-electron chi connectivity index (χ1n) is 8.29. The fourth-order valence-corrected chi connectivity index (χ4v) is 4.68. The minimum absolute atomic E-state index is 0.515. The molecule has 1 aliphatic carbocycles. The third-order valence-electron chi connectivity index (χ3n) is 4.95. The Morgan fingerprint density at radius 1 is 1.11 bits per heavy atom. The first kappa shape index (κ1) is 15.3. The molecule has 1 saturated heterocycles. The molecule has 1 unspecified atom stereocenters. The van der Waals surface area contributed by atoms with E-state index < -0.39 is 0 Å². The van der Waals surface area contributed by atoms with Gasteiger partial charge in [-0.15, -0.1) is 0 Å². The van der Waals surface area contributed by atoms with Gasteiger partial charge in [-0.25, -0.2) is 0 Å². The summed E-state index contributed by atoms with van der Waals surface area (Å²) < 4.78 is 0. The van der Waals surface area contributed by atoms with Crippen molar-refractivity contribution in [2.75, 3.05) is 19.6 Å². The van der Waals surface area contributed by atoms with Gasteiger partial charge < -0.3 is 5.32 Å². The Labute approximate surface area is 120 Å². The van der Waals surface area contributed by atoms with Crippen LogP contribution in [-0.4, -0.2) is 36.6 Å². The van der Waals surface area contributed by atoms with Gasteiger partial charge in [0.15, 0.2) is 0 Å². The first-order chi connectivity index (χ1) is 8.81. The SMILES string of the molecule is CCCNC1CCN(C2CC(C)(C)CC(C)(C)C2)C1. The van der Waals surface area contributed by atoms with Gasteiger partial charge in [0.05, 0.1) is 0 Å². The standard InChI is InChI=1S/C17H34N2/c1-6-8-18-14-7-9-19(12-14)15-10-16(2,3)13-17(4,5)11-15/h14-15,18H,6-13H2,1-5H3. The van der Waals surface area contributed by atoms with Gasteiger partial charge in [0.2, 0.25) is 0 Å². The largest absolute Gasteiger partial charge is 0.313 e. The molecule has 1 heterocycles. The maximum absolute atomic E-state index is 3.70. The minimum atomic E-state index is 0.515. The Bertz CT molecular complexity index is 280. The van der Waals surface area contributed by atoms with Crippen molar-refractivity contribution in [3.8, 4) is 0 Å². The molecule has 2 rings (SSSR count). The van der Waals surface area contributed by atoms with Crippen molar-refractivity contribution in [2.45, 2.75) is 78.8 Å². The Hall–Kier alpha value is -0.0800. The van der Waals surface area contributed by atoms with Gasteiger partial charge in [-0.2, -0.15) is 0 Å². The second-order valence-corrected chi connectivity index (χ2v) is 8.50. The van der Waals surface area contributed by atoms with E-state index in [2.05, 4.69) is 44.8 Å². The average Bonchev–Trinajstić information content (AvgIpc) is 2.70. The molecule has 0 radical (unpaired) electrons. The van der Waals surface area contributed by atoms with Crippen LogP contribution in [0.2, 0.25) is 0 Å². The van der Waals surface area contributed by atoms with Crippen molar-refractivity contribution < 1.29 is 0 Å². The molecule has 2 heteroatoms. The van der Waals surface area contributed by atoms with Crippen molar-refractivity contribution in [2.24, 2.45) is 10.8 Å². The quantitative estimate of drug-likeness (QED) is 0.835. The number of nitrogens with one attached hydrogen (secondary N) is 1. The maximum Gasteiger partial charge on any atom is 0.0207 e. The smallest absolute Gasteiger partial charge is 0.0207 e. The van der Waals surface area contributed by atoms with Crippen LogP contribution in [0.4, 0.5) is 0 Å². The molecular formula is C17H34N2. The second-order valence-electron chi connectivity index (χ2n) is 8.50. The summed E-state index contributed by atoms with van der Waals surface area (Å²) in [7, 11) is 0. The molecule has 1 aliphatic heterocycles. The van der Waals surface area contributed by atoms with Gasteiger partial charge in [-0.1, -0.05) is 34.6 Å². The minimum Gasteiger partial charge on any atom is -0.313 e. The molecule has 0 bridgehead atoms. The number of hydrogen-bond donors (Lipinski definition) is 1. The molecule has 0 aromatic heterocycles. The van der Waals surface area contributed by atoms with E-state index in [1.807, 2.05) is 0 Å². The zero-order valence-electron chi connectivity index (χ0n) is 13.8. The van der Waals surface area contributed by atoms with Gasteiger partial charge in [-0.05, 0) is 49.5 Å². The van der Waals surface area contributed by atoms with Gasteiger partial charge in [0.25, 0.3) is 0 Å². The molecule has 0 spiro atoms. The molecule has 0 aromatic carbocycles. The molecule has 112 valence electrons. The summed E-state index contributed by atoms with van der Waals surface area (Å²) >= 11 is 0. The molecule has 2 nitrogen and oxygen atoms in total. The predicted octanol–water partition coefficient (Wildman–Crippen LogP) is 3.67. The van der Waals surface area contributed by atoms with E-state index in [1.165, 1.54) is 51.7 Å². The number of likely N-dealkylation sites (tertiary alicyclic amines) is 1. The summed E-state index contributed by atoms with van der Waals surface area (Å²) in [5.41, 5.74) is 1.03. The number of nitrogens with zero attached hydrogens (tertiary/aromatic N) is 1. The fourth-order valence-electron chi connectivity index (χ4n) is 4.68. The van der Waals surface area contributed by atoms with Crippen LogP contribution in [0.25, 0.3) is 0 Å². The predicted molar refractivity (Wildman–Crippen MR) is 83.5 cm³/mol. The highest BCUT2D eigenvalue weighted by Crippen LogP contribution is 2.47. The summed E-state index contributed by atoms with van der Waals surface area (Å²) in [5, 5.41) is 3.70. The van der Waals surface area contributed by atoms with Crippen LogP contribution in [0.15, 0.2) is 0 Å². The highest BCUT2D eigenvalue weighted by atomic mass is 15.2. The van der Waals surface area contributed by atoms with Gasteiger partial charge in [-0.3, -0.25) is 4.90 Å². The molecule has 0 amide bonds. The lowest BCUT2D eigenvalue weighted by Gasteiger charge is -2.47. The lowest BCUT2D eigenvalue weighted by Crippen LogP contribution is -2.46. The van der Waals surface area contributed by atoms with E-state index in [4.69, 9.17) is 0 Å². The van der Waals surface area contributed by atoms with Crippen LogP contribution >= 0.6 is 0 Å². The monoisotopic (exact) mass is 266 g/mol. The molecule has 19 heavy (non-hydrogen) atoms. The molecule has 0 aromatic rings. The van der Waals surface area contributed by atoms with Crippen LogP contribution in [0.3, 0.4) is 0 Å². The van der Waals surface area contributed by atoms with Gasteiger partial charge in [0.1, 0.15) is 0 Å². The zero-order valence-corrected chi connectivity index (χ0v) is 13.8. The number of hydrogen-bond acceptors (Lipinski definition) is 2. The molecule has 1 atom stereocenters. The van der Waals surface area contributed by atoms with Gasteiger partial charge >= 0.3 is 0 Å². The third kappa shape index (κ3) is 4.19. The molecule has 1 N–H and O–H groups in total. The van der Waals surface area contributed by atoms with E-state index in [-0.39, 0.29) is 0 Å². The highest BCUT2D eigenvalue weighted by molar-refractivity contribution is 4.96. The Kier molecular flexibility index (Phi) is 4.62. The second kappa shape index (κ2) is 5.73. The zero-order chi connectivity index (χ0) is 14.1. The van der Waals surface area contributed by atoms with Gasteiger partial charge in [0, 0.05) is 25.2 Å². The van der Waals surface area contributed by atoms with Crippen LogP contribution < -0.4 is 5.32 Å². The van der Waals surface area contributed by atoms with Crippen molar-refractivity contribution in [1.82, 2.24) is 10.2 Å². The molecule has 2 fully saturated rings. The lowest BCUT2D eigenvalue weighted by atomic mass is 9.63. The molecular weight excluding hydrogens is 232 g/mol. The highest BCUT2D eigenvalue weighted by Gasteiger charge is 2.41. The summed E-state index contributed by atoms with van der Waals surface area (Å²) in [4.78, 5) is 2.77. The van der Waals surface area contributed by atoms with Crippen molar-refractivity contribution in [3.63, 3.8) is 0 Å². The normalized spacial score (nSPS) is 31.7. The first-order valence-corrected chi connectivity index (χ1v) is 8.29. The van der Waals surface area contributed by atoms with Crippen LogP contribution in [0.5, 0.6) is 0 Å². The van der Waals surface area contributed by atoms with E-state index in [9.17, 15) is 0 Å². The van der Waals surface area contributed by atoms with Crippen LogP contribution in [0.1, 0.15) is 66.7 Å². The summed E-state index contributed by atoms with van der Waals surface area (Å²) in [6, 6.07) is 1.56. The van der Waals surface area contributed by atoms with E-state index in [0.29, 0.717) is 10.8 Å². The molecule has 2 aliphatic rings. The summed E-state index contributed by atoms with van der Waals surface area (Å²) in [6.07, 6.45) is 6.74. The number of rotatable bonds is 4. The third-order valence-corrected chi connectivity index (χ3v) is 4.95. The molecule has 1 saturated carbocycles. The maximum atomic E-state index is 3.70. The van der Waals surface area contributed by atoms with Crippen molar-refractivity contribution >= 4 is 0 Å². The average molecular weight is 266 g/mol. The Balaban J connectivity index is 1.91. The van der Waals surface area contributed by atoms with Crippen LogP contribution in [-0.2, 0) is 0 Å². The van der Waals surface area contributed by atoms with E-state index in [1.54, 1.807) is 0 Å². The van der Waals surface area contributed by atoms with Crippen LogP contribution in [0, 0.1) is 10.8 Å².